The number of benzene rings is 2. The van der Waals surface area contributed by atoms with Gasteiger partial charge in [0.05, 0.1) is 32.6 Å². The largest absolute Gasteiger partial charge is 0.480 e. The number of nitrogens with one attached hydrogen (secondary N) is 5. The lowest BCUT2D eigenvalue weighted by molar-refractivity contribution is -0.144. The fraction of sp³-hybridized carbons (Fsp3) is 0.425. The smallest absolute Gasteiger partial charge is 0.308 e. The van der Waals surface area contributed by atoms with Crippen LogP contribution in [-0.4, -0.2) is 103 Å². The van der Waals surface area contributed by atoms with E-state index in [1.165, 1.54) is 13.0 Å². The molecule has 17 nitrogen and oxygen atoms in total. The van der Waals surface area contributed by atoms with Gasteiger partial charge in [-0.1, -0.05) is 58.0 Å². The van der Waals surface area contributed by atoms with Crippen molar-refractivity contribution < 1.29 is 61.3 Å². The molecular weight excluding hydrogens is 778 g/mol. The van der Waals surface area contributed by atoms with E-state index in [2.05, 4.69) is 36.3 Å². The molecule has 1 aromatic heterocycles. The molecule has 0 saturated heterocycles. The molecule has 1 heterocycles. The normalized spacial score (nSPS) is 13.5. The van der Waals surface area contributed by atoms with Gasteiger partial charge < -0.3 is 40.8 Å². The Balaban J connectivity index is 1.71. The molecule has 5 amide bonds. The lowest BCUT2D eigenvalue weighted by Gasteiger charge is -2.28. The number of aromatic nitrogens is 1. The van der Waals surface area contributed by atoms with Crippen LogP contribution in [0, 0.1) is 23.5 Å². The number of methoxy groups -OCH3 is 2. The number of carbonyl (C=O) groups excluding carboxylic acids is 8. The summed E-state index contributed by atoms with van der Waals surface area (Å²) >= 11 is 0. The van der Waals surface area contributed by atoms with Gasteiger partial charge in [0.2, 0.25) is 23.6 Å². The fourth-order valence-corrected chi connectivity index (χ4v) is 5.48. The second kappa shape index (κ2) is 21.8. The summed E-state index contributed by atoms with van der Waals surface area (Å²) in [7, 11) is 2.11. The zero-order valence-corrected chi connectivity index (χ0v) is 33.6. The average molecular weight is 827 g/mol. The van der Waals surface area contributed by atoms with E-state index in [1.54, 1.807) is 45.9 Å². The molecule has 0 aliphatic rings. The number of Topliss-reactive ketones (excluding diaryl/α,β-unsaturated/α-hetero) is 1. The Morgan fingerprint density at radius 1 is 0.610 bits per heavy atom. The van der Waals surface area contributed by atoms with E-state index in [0.29, 0.717) is 5.52 Å². The number of nitrogens with zero attached hydrogens (tertiary/aromatic N) is 1. The van der Waals surface area contributed by atoms with Crippen LogP contribution >= 0.6 is 0 Å². The molecule has 0 fully saturated rings. The lowest BCUT2D eigenvalue weighted by atomic mass is 10.0. The topological polar surface area (TPSA) is 237 Å². The number of ketones is 1. The predicted octanol–water partition coefficient (Wildman–Crippen LogP) is 1.66. The van der Waals surface area contributed by atoms with E-state index in [0.717, 1.165) is 37.8 Å². The van der Waals surface area contributed by atoms with Crippen LogP contribution < -0.4 is 31.3 Å². The maximum Gasteiger partial charge on any atom is 0.308 e. The van der Waals surface area contributed by atoms with E-state index in [9.17, 15) is 47.1 Å². The number of halogens is 2. The Bertz CT molecular complexity index is 2030. The van der Waals surface area contributed by atoms with Crippen LogP contribution in [0.5, 0.6) is 5.75 Å². The molecule has 0 spiro atoms. The maximum absolute atomic E-state index is 14.0. The molecule has 3 rings (SSSR count). The molecule has 59 heavy (non-hydrogen) atoms. The Morgan fingerprint density at radius 2 is 1.15 bits per heavy atom. The van der Waals surface area contributed by atoms with Gasteiger partial charge in [-0.3, -0.25) is 38.4 Å². The molecule has 2 unspecified atom stereocenters. The summed E-state index contributed by atoms with van der Waals surface area (Å²) in [5, 5.41) is 13.1. The highest BCUT2D eigenvalue weighted by Gasteiger charge is 2.35. The van der Waals surface area contributed by atoms with Crippen LogP contribution in [0.1, 0.15) is 57.9 Å². The second-order valence-electron chi connectivity index (χ2n) is 14.0. The number of amides is 5. The van der Waals surface area contributed by atoms with Crippen molar-refractivity contribution in [1.29, 1.82) is 0 Å². The molecule has 3 aromatic rings. The molecule has 0 bridgehead atoms. The van der Waals surface area contributed by atoms with Crippen LogP contribution in [0.4, 0.5) is 8.78 Å². The third-order valence-corrected chi connectivity index (χ3v) is 8.88. The van der Waals surface area contributed by atoms with Gasteiger partial charge in [-0.2, -0.15) is 0 Å². The Kier molecular flexibility index (Phi) is 17.3. The highest BCUT2D eigenvalue weighted by Crippen LogP contribution is 2.21. The molecule has 2 aromatic carbocycles. The van der Waals surface area contributed by atoms with Crippen molar-refractivity contribution in [3.63, 3.8) is 0 Å². The fourth-order valence-electron chi connectivity index (χ4n) is 5.48. The number of pyridine rings is 1. The van der Waals surface area contributed by atoms with Crippen molar-refractivity contribution in [1.82, 2.24) is 31.6 Å². The van der Waals surface area contributed by atoms with Crippen molar-refractivity contribution in [2.45, 2.75) is 77.7 Å². The molecule has 5 N–H and O–H groups in total. The molecule has 0 radical (unpaired) electrons. The third kappa shape index (κ3) is 13.5. The summed E-state index contributed by atoms with van der Waals surface area (Å²) in [5.74, 6) is -11.2. The minimum atomic E-state index is -1.60. The van der Waals surface area contributed by atoms with Gasteiger partial charge >= 0.3 is 11.9 Å². The van der Waals surface area contributed by atoms with Gasteiger partial charge in [-0.25, -0.2) is 13.8 Å². The molecular formula is C40H48F2N6O11. The van der Waals surface area contributed by atoms with E-state index in [1.807, 2.05) is 12.1 Å². The number of fused-ring (bicyclic) bond motifs is 1. The maximum atomic E-state index is 14.0. The van der Waals surface area contributed by atoms with Crippen LogP contribution in [0.25, 0.3) is 10.9 Å². The van der Waals surface area contributed by atoms with E-state index in [-0.39, 0.29) is 5.69 Å². The van der Waals surface area contributed by atoms with Gasteiger partial charge in [-0.15, -0.1) is 0 Å². The van der Waals surface area contributed by atoms with Gasteiger partial charge in [0.1, 0.15) is 42.5 Å². The first kappa shape index (κ1) is 46.8. The van der Waals surface area contributed by atoms with Gasteiger partial charge in [0, 0.05) is 5.39 Å². The first-order valence-corrected chi connectivity index (χ1v) is 18.5. The first-order chi connectivity index (χ1) is 27.9. The summed E-state index contributed by atoms with van der Waals surface area (Å²) in [6.07, 6.45) is -1.35. The average Bonchev–Trinajstić information content (AvgIpc) is 3.19. The standard InChI is InChI=1S/C40H48F2N6O11/c1-20(2)33(39(55)43-22(5)36(52)45-28(17-31(50)57-6)30(49)19-59-35-24(41)12-10-13-25(35)42)48-38(54)29(18-32(51)58-7)46-40(56)34(21(3)4)47-37(53)27-16-15-23-11-8-9-14-26(23)44-27/h8-16,20-22,28-29,33-34H,17-19H2,1-7H3,(H,43,55)(H,45,52)(H,46,56)(H,47,53)(H,48,54)/t22-,28-,29-,33?,34?/m0/s1. The minimum Gasteiger partial charge on any atom is -0.480 e. The second-order valence-corrected chi connectivity index (χ2v) is 14.0. The van der Waals surface area contributed by atoms with Crippen LogP contribution in [0.3, 0.4) is 0 Å². The first-order valence-electron chi connectivity index (χ1n) is 18.5. The predicted molar refractivity (Wildman–Crippen MR) is 206 cm³/mol. The van der Waals surface area contributed by atoms with Crippen molar-refractivity contribution in [2.75, 3.05) is 20.8 Å². The van der Waals surface area contributed by atoms with Crippen molar-refractivity contribution in [3.05, 3.63) is 71.9 Å². The summed E-state index contributed by atoms with van der Waals surface area (Å²) in [6, 6.07) is 6.07. The summed E-state index contributed by atoms with van der Waals surface area (Å²) in [4.78, 5) is 109. The molecule has 0 aliphatic heterocycles. The van der Waals surface area contributed by atoms with Crippen molar-refractivity contribution >= 4 is 58.2 Å². The SMILES string of the molecule is COC(=O)C[C@H](NC(=O)[C@H](C)NC(=O)C(NC(=O)[C@H](CC(=O)OC)NC(=O)C(NC(=O)c1ccc2ccccc2n1)C(C)C)C(C)C)C(=O)COc1c(F)cccc1F. The van der Waals surface area contributed by atoms with Gasteiger partial charge in [-0.05, 0) is 43.0 Å². The number of carbonyl (C=O) groups is 8. The number of hydrogen-bond donors (Lipinski definition) is 5. The molecule has 5 atom stereocenters. The molecule has 0 saturated carbocycles. The monoisotopic (exact) mass is 826 g/mol. The molecule has 19 heteroatoms. The summed E-state index contributed by atoms with van der Waals surface area (Å²) < 4.78 is 42.4. The Labute approximate surface area is 338 Å². The Morgan fingerprint density at radius 3 is 1.75 bits per heavy atom. The number of esters is 2. The molecule has 0 aliphatic carbocycles. The highest BCUT2D eigenvalue weighted by atomic mass is 19.1. The number of ether oxygens (including phenoxy) is 3. The lowest BCUT2D eigenvalue weighted by Crippen LogP contribution is -2.60. The number of para-hydroxylation sites is 2. The zero-order chi connectivity index (χ0) is 44.0. The van der Waals surface area contributed by atoms with E-state index >= 15 is 0 Å². The number of rotatable bonds is 20. The number of hydrogen-bond acceptors (Lipinski definition) is 12. The Hall–Kier alpha value is -6.53. The van der Waals surface area contributed by atoms with E-state index in [4.69, 9.17) is 9.47 Å². The quantitative estimate of drug-likeness (QED) is 0.102. The summed E-state index contributed by atoms with van der Waals surface area (Å²) in [6.45, 7) is 6.73. The van der Waals surface area contributed by atoms with Crippen LogP contribution in [-0.2, 0) is 43.0 Å². The van der Waals surface area contributed by atoms with Gasteiger partial charge in [0.15, 0.2) is 23.2 Å². The minimum absolute atomic E-state index is 0.0377. The third-order valence-electron chi connectivity index (χ3n) is 8.88. The summed E-state index contributed by atoms with van der Waals surface area (Å²) in [5.41, 5.74) is 0.593. The van der Waals surface area contributed by atoms with Crippen molar-refractivity contribution in [3.8, 4) is 5.75 Å². The highest BCUT2D eigenvalue weighted by molar-refractivity contribution is 6.00. The van der Waals surface area contributed by atoms with E-state index < -0.39 is 126 Å². The zero-order valence-electron chi connectivity index (χ0n) is 33.6. The van der Waals surface area contributed by atoms with Crippen LogP contribution in [0.2, 0.25) is 0 Å². The van der Waals surface area contributed by atoms with Crippen molar-refractivity contribution in [2.24, 2.45) is 11.8 Å². The molecule has 318 valence electrons. The van der Waals surface area contributed by atoms with Gasteiger partial charge in [0.25, 0.3) is 5.91 Å². The van der Waals surface area contributed by atoms with Crippen LogP contribution in [0.15, 0.2) is 54.6 Å².